The Morgan fingerprint density at radius 1 is 0.968 bits per heavy atom. The van der Waals surface area contributed by atoms with Crippen LogP contribution in [0.5, 0.6) is 5.75 Å². The van der Waals surface area contributed by atoms with Crippen molar-refractivity contribution in [3.63, 3.8) is 0 Å². The first kappa shape index (κ1) is 22.3. The second kappa shape index (κ2) is 10.6. The molecule has 0 saturated carbocycles. The van der Waals surface area contributed by atoms with Crippen molar-refractivity contribution in [3.05, 3.63) is 54.6 Å². The summed E-state index contributed by atoms with van der Waals surface area (Å²) in [5, 5.41) is 5.76. The number of rotatable bonds is 7. The number of anilines is 2. The van der Waals surface area contributed by atoms with Crippen LogP contribution < -0.4 is 15.4 Å². The van der Waals surface area contributed by atoms with Crippen LogP contribution in [-0.2, 0) is 14.4 Å². The Balaban J connectivity index is 1.46. The van der Waals surface area contributed by atoms with Gasteiger partial charge in [-0.2, -0.15) is 0 Å². The summed E-state index contributed by atoms with van der Waals surface area (Å²) in [6.07, 6.45) is 1.21. The van der Waals surface area contributed by atoms with Gasteiger partial charge in [0, 0.05) is 36.3 Å². The van der Waals surface area contributed by atoms with E-state index >= 15 is 0 Å². The van der Waals surface area contributed by atoms with Crippen LogP contribution in [-0.4, -0.2) is 42.3 Å². The summed E-state index contributed by atoms with van der Waals surface area (Å²) in [5.74, 6) is 0.169. The number of likely N-dealkylation sites (tertiary alicyclic amines) is 1. The lowest BCUT2D eigenvalue weighted by atomic mass is 9.95. The molecule has 1 aliphatic rings. The molecular weight excluding hydrogens is 394 g/mol. The Hall–Kier alpha value is -3.35. The quantitative estimate of drug-likeness (QED) is 0.713. The Morgan fingerprint density at radius 2 is 1.61 bits per heavy atom. The number of hydrogen-bond donors (Lipinski definition) is 2. The fourth-order valence-corrected chi connectivity index (χ4v) is 3.35. The van der Waals surface area contributed by atoms with Crippen molar-refractivity contribution in [3.8, 4) is 5.75 Å². The summed E-state index contributed by atoms with van der Waals surface area (Å²) < 4.78 is 5.53. The zero-order chi connectivity index (χ0) is 22.2. The average Bonchev–Trinajstić information content (AvgIpc) is 2.78. The van der Waals surface area contributed by atoms with Crippen LogP contribution in [0.15, 0.2) is 54.6 Å². The second-order valence-corrected chi connectivity index (χ2v) is 7.97. The van der Waals surface area contributed by atoms with Crippen molar-refractivity contribution in [1.29, 1.82) is 0 Å². The number of nitrogens with zero attached hydrogens (tertiary/aromatic N) is 1. The first-order valence-corrected chi connectivity index (χ1v) is 10.6. The third-order valence-electron chi connectivity index (χ3n) is 5.25. The molecule has 2 aromatic carbocycles. The molecule has 0 bridgehead atoms. The molecule has 0 radical (unpaired) electrons. The minimum absolute atomic E-state index is 0.00420. The molecule has 3 amide bonds. The van der Waals surface area contributed by atoms with Crippen LogP contribution in [0, 0.1) is 11.8 Å². The third kappa shape index (κ3) is 6.57. The summed E-state index contributed by atoms with van der Waals surface area (Å²) in [5.41, 5.74) is 1.29. The second-order valence-electron chi connectivity index (χ2n) is 7.97. The van der Waals surface area contributed by atoms with Crippen molar-refractivity contribution in [2.24, 2.45) is 11.8 Å². The molecule has 31 heavy (non-hydrogen) atoms. The third-order valence-corrected chi connectivity index (χ3v) is 5.25. The Labute approximate surface area is 182 Å². The van der Waals surface area contributed by atoms with Gasteiger partial charge in [0.2, 0.25) is 11.8 Å². The number of hydrogen-bond acceptors (Lipinski definition) is 4. The van der Waals surface area contributed by atoms with Gasteiger partial charge in [0.25, 0.3) is 5.91 Å². The van der Waals surface area contributed by atoms with Gasteiger partial charge in [0.15, 0.2) is 6.61 Å². The molecule has 1 fully saturated rings. The highest BCUT2D eigenvalue weighted by atomic mass is 16.5. The van der Waals surface area contributed by atoms with Crippen LogP contribution in [0.1, 0.15) is 26.7 Å². The van der Waals surface area contributed by atoms with Crippen molar-refractivity contribution in [2.75, 3.05) is 30.3 Å². The number of benzene rings is 2. The van der Waals surface area contributed by atoms with Gasteiger partial charge in [0.05, 0.1) is 0 Å². The van der Waals surface area contributed by atoms with Crippen molar-refractivity contribution in [2.45, 2.75) is 26.7 Å². The lowest BCUT2D eigenvalue weighted by Crippen LogP contribution is -2.43. The van der Waals surface area contributed by atoms with E-state index in [1.165, 1.54) is 0 Å². The van der Waals surface area contributed by atoms with E-state index in [1.807, 2.05) is 44.2 Å². The number of nitrogens with one attached hydrogen (secondary N) is 2. The van der Waals surface area contributed by atoms with E-state index < -0.39 is 0 Å². The smallest absolute Gasteiger partial charge is 0.260 e. The molecule has 7 heteroatoms. The zero-order valence-electron chi connectivity index (χ0n) is 18.0. The average molecular weight is 424 g/mol. The standard InChI is InChI=1S/C24H29N3O4/c1-17(2)23(29)25-19-7-6-8-20(15-19)26-24(30)18-11-13-27(14-12-18)22(28)16-31-21-9-4-3-5-10-21/h3-10,15,17-18H,11-14,16H2,1-2H3,(H,25,29)(H,26,30). The summed E-state index contributed by atoms with van der Waals surface area (Å²) >= 11 is 0. The molecule has 3 rings (SSSR count). The zero-order valence-corrected chi connectivity index (χ0v) is 18.0. The first-order chi connectivity index (χ1) is 14.9. The Morgan fingerprint density at radius 3 is 2.26 bits per heavy atom. The van der Waals surface area contributed by atoms with E-state index in [4.69, 9.17) is 4.74 Å². The molecule has 0 aliphatic carbocycles. The molecule has 0 atom stereocenters. The molecule has 1 heterocycles. The van der Waals surface area contributed by atoms with Gasteiger partial charge < -0.3 is 20.3 Å². The first-order valence-electron chi connectivity index (χ1n) is 10.6. The number of carbonyl (C=O) groups is 3. The van der Waals surface area contributed by atoms with Gasteiger partial charge >= 0.3 is 0 Å². The molecule has 2 N–H and O–H groups in total. The van der Waals surface area contributed by atoms with E-state index in [0.717, 1.165) is 0 Å². The number of carbonyl (C=O) groups excluding carboxylic acids is 3. The minimum Gasteiger partial charge on any atom is -0.484 e. The van der Waals surface area contributed by atoms with Crippen LogP contribution in [0.3, 0.4) is 0 Å². The van der Waals surface area contributed by atoms with Gasteiger partial charge in [-0.25, -0.2) is 0 Å². The number of ether oxygens (including phenoxy) is 1. The van der Waals surface area contributed by atoms with Crippen LogP contribution in [0.4, 0.5) is 11.4 Å². The van der Waals surface area contributed by atoms with Gasteiger partial charge in [-0.15, -0.1) is 0 Å². The Kier molecular flexibility index (Phi) is 7.65. The lowest BCUT2D eigenvalue weighted by Gasteiger charge is -2.31. The van der Waals surface area contributed by atoms with Crippen molar-refractivity contribution in [1.82, 2.24) is 4.90 Å². The summed E-state index contributed by atoms with van der Waals surface area (Å²) in [4.78, 5) is 38.7. The molecule has 1 saturated heterocycles. The Bertz CT molecular complexity index is 906. The molecule has 164 valence electrons. The predicted molar refractivity (Wildman–Crippen MR) is 120 cm³/mol. The maximum absolute atomic E-state index is 12.7. The predicted octanol–water partition coefficient (Wildman–Crippen LogP) is 3.54. The number of para-hydroxylation sites is 1. The monoisotopic (exact) mass is 423 g/mol. The maximum atomic E-state index is 12.7. The SMILES string of the molecule is CC(C)C(=O)Nc1cccc(NC(=O)C2CCN(C(=O)COc3ccccc3)CC2)c1. The summed E-state index contributed by atoms with van der Waals surface area (Å²) in [6.45, 7) is 4.70. The van der Waals surface area contributed by atoms with Gasteiger partial charge in [-0.1, -0.05) is 38.1 Å². The highest BCUT2D eigenvalue weighted by Gasteiger charge is 2.27. The topological polar surface area (TPSA) is 87.7 Å². The van der Waals surface area contributed by atoms with Crippen molar-refractivity contribution >= 4 is 29.1 Å². The molecule has 2 aromatic rings. The summed E-state index contributed by atoms with van der Waals surface area (Å²) in [7, 11) is 0. The molecule has 7 nitrogen and oxygen atoms in total. The number of amides is 3. The van der Waals surface area contributed by atoms with Gasteiger partial charge in [0.1, 0.15) is 5.75 Å². The highest BCUT2D eigenvalue weighted by molar-refractivity contribution is 5.95. The van der Waals surface area contributed by atoms with E-state index in [9.17, 15) is 14.4 Å². The maximum Gasteiger partial charge on any atom is 0.260 e. The summed E-state index contributed by atoms with van der Waals surface area (Å²) in [6, 6.07) is 16.4. The fraction of sp³-hybridized carbons (Fsp3) is 0.375. The lowest BCUT2D eigenvalue weighted by molar-refractivity contribution is -0.136. The van der Waals surface area contributed by atoms with E-state index in [0.29, 0.717) is 43.1 Å². The number of piperidine rings is 1. The molecule has 1 aliphatic heterocycles. The minimum atomic E-state index is -0.159. The van der Waals surface area contributed by atoms with Crippen LogP contribution >= 0.6 is 0 Å². The van der Waals surface area contributed by atoms with Crippen LogP contribution in [0.25, 0.3) is 0 Å². The molecule has 0 aromatic heterocycles. The van der Waals surface area contributed by atoms with E-state index in [1.54, 1.807) is 29.2 Å². The van der Waals surface area contributed by atoms with Gasteiger partial charge in [-0.3, -0.25) is 14.4 Å². The van der Waals surface area contributed by atoms with Crippen LogP contribution in [0.2, 0.25) is 0 Å². The van der Waals surface area contributed by atoms with E-state index in [2.05, 4.69) is 10.6 Å². The highest BCUT2D eigenvalue weighted by Crippen LogP contribution is 2.22. The van der Waals surface area contributed by atoms with E-state index in [-0.39, 0.29) is 36.2 Å². The molecule has 0 unspecified atom stereocenters. The normalized spacial score (nSPS) is 14.2. The van der Waals surface area contributed by atoms with Gasteiger partial charge in [-0.05, 0) is 43.2 Å². The largest absolute Gasteiger partial charge is 0.484 e. The fourth-order valence-electron chi connectivity index (χ4n) is 3.35. The molecule has 0 spiro atoms. The molecular formula is C24H29N3O4. The van der Waals surface area contributed by atoms with Crippen molar-refractivity contribution < 1.29 is 19.1 Å².